The second kappa shape index (κ2) is 6.19. The molecule has 0 fully saturated rings. The van der Waals surface area contributed by atoms with Crippen LogP contribution in [-0.2, 0) is 6.54 Å². The van der Waals surface area contributed by atoms with E-state index in [0.717, 1.165) is 20.7 Å². The van der Waals surface area contributed by atoms with Gasteiger partial charge in [-0.1, -0.05) is 0 Å². The first-order valence-electron chi connectivity index (χ1n) is 5.48. The molecule has 1 heterocycles. The van der Waals surface area contributed by atoms with Gasteiger partial charge in [0.1, 0.15) is 11.4 Å². The molecule has 0 unspecified atom stereocenters. The Balaban J connectivity index is 2.20. The van der Waals surface area contributed by atoms with Gasteiger partial charge < -0.3 is 10.4 Å². The lowest BCUT2D eigenvalue weighted by Crippen LogP contribution is -2.04. The maximum Gasteiger partial charge on any atom is 0.296 e. The second-order valence-electron chi connectivity index (χ2n) is 3.89. The minimum atomic E-state index is -0.549. The lowest BCUT2D eigenvalue weighted by Gasteiger charge is -2.08. The van der Waals surface area contributed by atoms with Crippen LogP contribution in [0.15, 0.2) is 39.4 Å². The van der Waals surface area contributed by atoms with E-state index < -0.39 is 4.92 Å². The van der Waals surface area contributed by atoms with Crippen molar-refractivity contribution in [2.75, 3.05) is 5.32 Å². The normalized spacial score (nSPS) is 10.3. The summed E-state index contributed by atoms with van der Waals surface area (Å²) in [6.45, 7) is 0.319. The number of phenols is 1. The summed E-state index contributed by atoms with van der Waals surface area (Å²) in [4.78, 5) is 14.6. The van der Waals surface area contributed by atoms with Crippen LogP contribution in [0.2, 0.25) is 0 Å². The molecule has 0 saturated carbocycles. The molecule has 0 bridgehead atoms. The van der Waals surface area contributed by atoms with Crippen molar-refractivity contribution in [2.45, 2.75) is 6.54 Å². The molecule has 0 saturated heterocycles. The van der Waals surface area contributed by atoms with Gasteiger partial charge in [0.15, 0.2) is 0 Å². The molecule has 0 aliphatic carbocycles. The quantitative estimate of drug-likeness (QED) is 0.460. The van der Waals surface area contributed by atoms with Crippen LogP contribution in [0, 0.1) is 10.1 Å². The van der Waals surface area contributed by atoms with E-state index in [1.54, 1.807) is 6.20 Å². The molecule has 2 N–H and O–H groups in total. The van der Waals surface area contributed by atoms with Gasteiger partial charge in [-0.2, -0.15) is 0 Å². The van der Waals surface area contributed by atoms with Gasteiger partial charge in [-0.25, -0.2) is 0 Å². The Morgan fingerprint density at radius 1 is 1.35 bits per heavy atom. The van der Waals surface area contributed by atoms with Gasteiger partial charge in [0.05, 0.1) is 23.2 Å². The molecular weight excluding hydrogens is 394 g/mol. The number of nitrogens with one attached hydrogen (secondary N) is 1. The number of nitrogens with zero attached hydrogens (tertiary/aromatic N) is 2. The third-order valence-corrected chi connectivity index (χ3v) is 3.63. The molecule has 104 valence electrons. The summed E-state index contributed by atoms with van der Waals surface area (Å²) in [6.07, 6.45) is 1.65. The largest absolute Gasteiger partial charge is 0.508 e. The van der Waals surface area contributed by atoms with Gasteiger partial charge in [0.2, 0.25) is 0 Å². The van der Waals surface area contributed by atoms with Gasteiger partial charge in [0, 0.05) is 15.1 Å². The molecule has 0 aliphatic rings. The predicted molar refractivity (Wildman–Crippen MR) is 81.7 cm³/mol. The zero-order chi connectivity index (χ0) is 14.7. The fourth-order valence-electron chi connectivity index (χ4n) is 1.57. The highest BCUT2D eigenvalue weighted by Crippen LogP contribution is 2.29. The van der Waals surface area contributed by atoms with Crippen molar-refractivity contribution in [1.29, 1.82) is 0 Å². The highest BCUT2D eigenvalue weighted by molar-refractivity contribution is 9.11. The third kappa shape index (κ3) is 3.45. The van der Waals surface area contributed by atoms with Gasteiger partial charge >= 0.3 is 0 Å². The van der Waals surface area contributed by atoms with E-state index >= 15 is 0 Å². The summed E-state index contributed by atoms with van der Waals surface area (Å²) < 4.78 is 1.63. The summed E-state index contributed by atoms with van der Waals surface area (Å²) >= 11 is 6.67. The van der Waals surface area contributed by atoms with Crippen LogP contribution in [0.1, 0.15) is 5.69 Å². The fraction of sp³-hybridized carbons (Fsp3) is 0.0833. The van der Waals surface area contributed by atoms with Crippen LogP contribution in [0.25, 0.3) is 0 Å². The minimum absolute atomic E-state index is 0.148. The highest BCUT2D eigenvalue weighted by atomic mass is 79.9. The first-order chi connectivity index (χ1) is 9.47. The van der Waals surface area contributed by atoms with Crippen molar-refractivity contribution in [3.63, 3.8) is 0 Å². The molecule has 0 aliphatic heterocycles. The number of hydrogen-bond donors (Lipinski definition) is 2. The number of pyridine rings is 1. The first-order valence-corrected chi connectivity index (χ1v) is 7.07. The fourth-order valence-corrected chi connectivity index (χ4v) is 2.70. The molecule has 1 aromatic carbocycles. The number of aromatic hydroxyl groups is 1. The van der Waals surface area contributed by atoms with Crippen LogP contribution in [-0.4, -0.2) is 15.0 Å². The number of rotatable bonds is 4. The lowest BCUT2D eigenvalue weighted by molar-refractivity contribution is -0.384. The Hall–Kier alpha value is -1.67. The van der Waals surface area contributed by atoms with E-state index in [4.69, 9.17) is 0 Å². The molecule has 0 atom stereocenters. The summed E-state index contributed by atoms with van der Waals surface area (Å²) in [5, 5.41) is 23.1. The average Bonchev–Trinajstić information content (AvgIpc) is 2.38. The smallest absolute Gasteiger partial charge is 0.296 e. The zero-order valence-corrected chi connectivity index (χ0v) is 13.2. The zero-order valence-electron chi connectivity index (χ0n) is 10.0. The number of phenolic OH excluding ortho intramolecular Hbond substituents is 1. The minimum Gasteiger partial charge on any atom is -0.508 e. The van der Waals surface area contributed by atoms with Crippen molar-refractivity contribution in [1.82, 2.24) is 4.98 Å². The Kier molecular flexibility index (Phi) is 4.56. The van der Waals surface area contributed by atoms with Crippen LogP contribution >= 0.6 is 31.9 Å². The van der Waals surface area contributed by atoms with Gasteiger partial charge in [0.25, 0.3) is 5.69 Å². The second-order valence-corrected chi connectivity index (χ2v) is 5.66. The van der Waals surface area contributed by atoms with E-state index in [-0.39, 0.29) is 11.4 Å². The number of nitro groups is 1. The lowest BCUT2D eigenvalue weighted by atomic mass is 10.2. The maximum absolute atomic E-state index is 10.9. The number of nitro benzene ring substituents is 1. The number of aromatic nitrogens is 1. The highest BCUT2D eigenvalue weighted by Gasteiger charge is 2.14. The summed E-state index contributed by atoms with van der Waals surface area (Å²) in [5.41, 5.74) is 0.859. The SMILES string of the molecule is O=[N+]([O-])c1cc(O)ccc1NCc1ncc(Br)cc1Br. The molecule has 1 aromatic heterocycles. The van der Waals surface area contributed by atoms with Crippen LogP contribution in [0.3, 0.4) is 0 Å². The van der Waals surface area contributed by atoms with Crippen molar-refractivity contribution >= 4 is 43.2 Å². The van der Waals surface area contributed by atoms with Crippen molar-refractivity contribution in [3.8, 4) is 5.75 Å². The Morgan fingerprint density at radius 3 is 2.75 bits per heavy atom. The number of anilines is 1. The predicted octanol–water partition coefficient (Wildman–Crippen LogP) is 3.83. The molecule has 6 nitrogen and oxygen atoms in total. The van der Waals surface area contributed by atoms with Crippen LogP contribution < -0.4 is 5.32 Å². The third-order valence-electron chi connectivity index (χ3n) is 2.51. The molecule has 2 rings (SSSR count). The Morgan fingerprint density at radius 2 is 2.10 bits per heavy atom. The number of hydrogen-bond acceptors (Lipinski definition) is 5. The van der Waals surface area contributed by atoms with E-state index in [9.17, 15) is 15.2 Å². The van der Waals surface area contributed by atoms with Gasteiger partial charge in [-0.15, -0.1) is 0 Å². The summed E-state index contributed by atoms with van der Waals surface area (Å²) in [7, 11) is 0. The standard InChI is InChI=1S/C12H9Br2N3O3/c13-7-3-9(14)11(15-5-7)6-16-10-2-1-8(18)4-12(10)17(19)20/h1-5,16,18H,6H2. The molecule has 0 amide bonds. The molecule has 8 heteroatoms. The molecule has 0 spiro atoms. The van der Waals surface area contributed by atoms with E-state index in [1.807, 2.05) is 6.07 Å². The Labute approximate surface area is 131 Å². The number of halogens is 2. The van der Waals surface area contributed by atoms with Crippen molar-refractivity contribution in [3.05, 3.63) is 55.2 Å². The monoisotopic (exact) mass is 401 g/mol. The van der Waals surface area contributed by atoms with Crippen LogP contribution in [0.4, 0.5) is 11.4 Å². The Bertz CT molecular complexity index is 664. The molecule has 0 radical (unpaired) electrons. The summed E-state index contributed by atoms with van der Waals surface area (Å²) in [5.74, 6) is -0.148. The first kappa shape index (κ1) is 14.7. The van der Waals surface area contributed by atoms with Crippen LogP contribution in [0.5, 0.6) is 5.75 Å². The van der Waals surface area contributed by atoms with Gasteiger partial charge in [-0.05, 0) is 50.1 Å². The topological polar surface area (TPSA) is 88.3 Å². The molecule has 2 aromatic rings. The van der Waals surface area contributed by atoms with Gasteiger partial charge in [-0.3, -0.25) is 15.1 Å². The van der Waals surface area contributed by atoms with Crippen molar-refractivity contribution in [2.24, 2.45) is 0 Å². The summed E-state index contributed by atoms with van der Waals surface area (Å²) in [6, 6.07) is 5.79. The van der Waals surface area contributed by atoms with Crippen molar-refractivity contribution < 1.29 is 10.0 Å². The van der Waals surface area contributed by atoms with E-state index in [2.05, 4.69) is 42.2 Å². The van der Waals surface area contributed by atoms with E-state index in [0.29, 0.717) is 12.2 Å². The average molecular weight is 403 g/mol. The number of benzene rings is 1. The molecule has 20 heavy (non-hydrogen) atoms. The molecular formula is C12H9Br2N3O3. The van der Waals surface area contributed by atoms with E-state index in [1.165, 1.54) is 12.1 Å². The maximum atomic E-state index is 10.9.